The van der Waals surface area contributed by atoms with Gasteiger partial charge in [-0.05, 0) is 142 Å². The summed E-state index contributed by atoms with van der Waals surface area (Å²) in [4.78, 5) is 62.7. The van der Waals surface area contributed by atoms with Crippen LogP contribution in [0.4, 0.5) is 46.2 Å². The zero-order valence-corrected chi connectivity index (χ0v) is 47.4. The largest absolute Gasteiger partial charge is 0.491 e. The molecular weight excluding hydrogens is 1040 g/mol. The SMILES string of the molecule is COc1cncnc1Nc1cc(C)c2c(c1)C1(CCCCC1)NC2=O.Cc1cc(Nc2ncnc(N)c2OCCCN)cc2c1C(=O)NC21CCCCC1.Cc1cc(Nc2ncnc(N)c2OCCN)cc2c1C(=O)NC21CCCCC1. The van der Waals surface area contributed by atoms with E-state index in [9.17, 15) is 14.4 Å². The first-order chi connectivity index (χ1) is 39.7. The van der Waals surface area contributed by atoms with Crippen molar-refractivity contribution in [2.75, 3.05) is 60.8 Å². The summed E-state index contributed by atoms with van der Waals surface area (Å²) in [6, 6.07) is 12.1. The molecule has 3 amide bonds. The third-order valence-corrected chi connectivity index (χ3v) is 16.7. The van der Waals surface area contributed by atoms with E-state index in [1.165, 1.54) is 38.2 Å². The zero-order chi connectivity index (χ0) is 57.6. The van der Waals surface area contributed by atoms with Crippen LogP contribution < -0.4 is 69.0 Å². The van der Waals surface area contributed by atoms with Crippen LogP contribution in [0.15, 0.2) is 61.6 Å². The van der Waals surface area contributed by atoms with Crippen molar-refractivity contribution in [2.24, 2.45) is 11.5 Å². The lowest BCUT2D eigenvalue weighted by molar-refractivity contribution is 0.0900. The maximum absolute atomic E-state index is 12.7. The average Bonchev–Trinajstić information content (AvgIpc) is 4.02. The van der Waals surface area contributed by atoms with Crippen LogP contribution in [0.1, 0.15) is 167 Å². The number of nitrogens with zero attached hydrogens (tertiary/aromatic N) is 6. The highest BCUT2D eigenvalue weighted by Crippen LogP contribution is 2.48. The first kappa shape index (κ1) is 56.9. The monoisotopic (exact) mass is 1120 g/mol. The second-order valence-electron chi connectivity index (χ2n) is 22.3. The minimum atomic E-state index is -0.253. The molecule has 14 N–H and O–H groups in total. The minimum absolute atomic E-state index is 0.0270. The normalized spacial score (nSPS) is 17.4. The highest BCUT2D eigenvalue weighted by molar-refractivity contribution is 6.03. The molecule has 432 valence electrons. The highest BCUT2D eigenvalue weighted by atomic mass is 16.5. The number of anilines is 8. The summed E-state index contributed by atoms with van der Waals surface area (Å²) in [6.45, 7) is 7.57. The Labute approximate surface area is 477 Å². The lowest BCUT2D eigenvalue weighted by Gasteiger charge is -2.34. The summed E-state index contributed by atoms with van der Waals surface area (Å²) in [6.07, 6.45) is 23.0. The maximum atomic E-state index is 12.7. The molecule has 6 aliphatic rings. The van der Waals surface area contributed by atoms with Gasteiger partial charge in [-0.15, -0.1) is 0 Å². The number of nitrogens with one attached hydrogen (secondary N) is 6. The van der Waals surface area contributed by atoms with Crippen molar-refractivity contribution < 1.29 is 28.6 Å². The van der Waals surface area contributed by atoms with Crippen LogP contribution >= 0.6 is 0 Å². The Bertz CT molecular complexity index is 3360. The van der Waals surface area contributed by atoms with Crippen LogP contribution in [0.25, 0.3) is 0 Å². The van der Waals surface area contributed by atoms with Crippen LogP contribution in [-0.2, 0) is 16.6 Å². The second-order valence-corrected chi connectivity index (χ2v) is 22.3. The van der Waals surface area contributed by atoms with Crippen LogP contribution in [0.2, 0.25) is 0 Å². The van der Waals surface area contributed by atoms with Crippen molar-refractivity contribution in [2.45, 2.75) is 140 Å². The fourth-order valence-corrected chi connectivity index (χ4v) is 12.9. The molecule has 0 bridgehead atoms. The molecule has 0 unspecified atom stereocenters. The van der Waals surface area contributed by atoms with Gasteiger partial charge in [-0.1, -0.05) is 57.8 Å². The van der Waals surface area contributed by atoms with Gasteiger partial charge in [0.05, 0.1) is 36.5 Å². The molecule has 82 heavy (non-hydrogen) atoms. The number of ether oxygens (including phenoxy) is 3. The summed E-state index contributed by atoms with van der Waals surface area (Å²) >= 11 is 0. The number of methoxy groups -OCH3 is 1. The third kappa shape index (κ3) is 11.5. The molecule has 6 heterocycles. The molecule has 0 saturated heterocycles. The van der Waals surface area contributed by atoms with Gasteiger partial charge in [-0.3, -0.25) is 14.4 Å². The van der Waals surface area contributed by atoms with Crippen molar-refractivity contribution in [3.8, 4) is 17.2 Å². The quantitative estimate of drug-likeness (QED) is 0.0457. The number of benzene rings is 3. The van der Waals surface area contributed by atoms with Gasteiger partial charge >= 0.3 is 0 Å². The van der Waals surface area contributed by atoms with Crippen molar-refractivity contribution in [3.05, 3.63) is 112 Å². The molecule has 22 heteroatoms. The van der Waals surface area contributed by atoms with Crippen molar-refractivity contribution >= 4 is 63.9 Å². The van der Waals surface area contributed by atoms with E-state index >= 15 is 0 Å². The van der Waals surface area contributed by atoms with E-state index in [0.29, 0.717) is 67.4 Å². The summed E-state index contributed by atoms with van der Waals surface area (Å²) in [7, 11) is 1.59. The predicted molar refractivity (Wildman–Crippen MR) is 315 cm³/mol. The third-order valence-electron chi connectivity index (χ3n) is 16.7. The van der Waals surface area contributed by atoms with Gasteiger partial charge in [-0.2, -0.15) is 0 Å². The minimum Gasteiger partial charge on any atom is -0.491 e. The zero-order valence-electron chi connectivity index (χ0n) is 47.4. The number of fused-ring (bicyclic) bond motifs is 6. The molecule has 6 aromatic rings. The molecule has 3 fully saturated rings. The number of nitrogens with two attached hydrogens (primary N) is 4. The fraction of sp³-hybridized carbons (Fsp3) is 0.450. The Morgan fingerprint density at radius 1 is 0.500 bits per heavy atom. The average molecular weight is 1120 g/mol. The molecule has 3 saturated carbocycles. The van der Waals surface area contributed by atoms with E-state index in [4.69, 9.17) is 37.1 Å². The van der Waals surface area contributed by atoms with E-state index in [1.807, 2.05) is 39.0 Å². The number of hydrogen-bond acceptors (Lipinski definition) is 19. The topological polar surface area (TPSA) is 332 Å². The molecule has 3 aliphatic carbocycles. The lowest BCUT2D eigenvalue weighted by atomic mass is 9.77. The van der Waals surface area contributed by atoms with Gasteiger partial charge < -0.3 is 69.0 Å². The molecule has 0 atom stereocenters. The number of aromatic nitrogens is 6. The van der Waals surface area contributed by atoms with E-state index in [-0.39, 0.29) is 46.0 Å². The van der Waals surface area contributed by atoms with Crippen LogP contribution in [-0.4, -0.2) is 81.0 Å². The van der Waals surface area contributed by atoms with Gasteiger partial charge in [-0.25, -0.2) is 29.9 Å². The number of amides is 3. The summed E-state index contributed by atoms with van der Waals surface area (Å²) < 4.78 is 16.7. The van der Waals surface area contributed by atoms with Gasteiger partial charge in [0.25, 0.3) is 17.7 Å². The number of aryl methyl sites for hydroxylation is 3. The van der Waals surface area contributed by atoms with Crippen LogP contribution in [0, 0.1) is 20.8 Å². The lowest BCUT2D eigenvalue weighted by Crippen LogP contribution is -2.40. The molecule has 0 radical (unpaired) electrons. The Hall–Kier alpha value is -8.37. The summed E-state index contributed by atoms with van der Waals surface area (Å²) in [5, 5.41) is 19.7. The van der Waals surface area contributed by atoms with Gasteiger partial charge in [0.2, 0.25) is 11.5 Å². The van der Waals surface area contributed by atoms with Crippen molar-refractivity contribution in [3.63, 3.8) is 0 Å². The molecule has 3 aromatic carbocycles. The van der Waals surface area contributed by atoms with Crippen LogP contribution in [0.5, 0.6) is 17.2 Å². The number of carbonyl (C=O) groups excluding carboxylic acids is 3. The first-order valence-electron chi connectivity index (χ1n) is 28.7. The number of nitrogen functional groups attached to an aromatic ring is 2. The maximum Gasteiger partial charge on any atom is 0.252 e. The number of carbonyl (C=O) groups is 3. The van der Waals surface area contributed by atoms with E-state index in [2.05, 4.69) is 80.0 Å². The predicted octanol–water partition coefficient (Wildman–Crippen LogP) is 8.53. The Morgan fingerprint density at radius 3 is 1.26 bits per heavy atom. The Morgan fingerprint density at radius 2 is 0.878 bits per heavy atom. The van der Waals surface area contributed by atoms with Gasteiger partial charge in [0.15, 0.2) is 34.8 Å². The Balaban J connectivity index is 0.000000138. The molecule has 3 aliphatic heterocycles. The van der Waals surface area contributed by atoms with E-state index in [0.717, 1.165) is 144 Å². The number of hydrogen-bond donors (Lipinski definition) is 10. The van der Waals surface area contributed by atoms with Crippen LogP contribution in [0.3, 0.4) is 0 Å². The van der Waals surface area contributed by atoms with Gasteiger partial charge in [0.1, 0.15) is 25.6 Å². The van der Waals surface area contributed by atoms with Gasteiger partial charge in [0, 0.05) is 40.3 Å². The van der Waals surface area contributed by atoms with Crippen molar-refractivity contribution in [1.82, 2.24) is 45.9 Å². The second kappa shape index (κ2) is 24.4. The number of rotatable bonds is 14. The molecule has 3 aromatic heterocycles. The standard InChI is InChI=1S/C21H28N6O2.C20H26N6O2.C19H22N4O2/c1-13-10-14(26-19-17(29-9-5-8-22)18(23)24-12-25-19)11-15-16(13)20(28)27-21(15)6-3-2-4-7-21;1-12-9-13(25-18-16(28-8-7-21)17(22)23-11-24-18)10-14-15(12)19(27)26-20(14)5-3-2-4-6-20;1-12-8-13(22-17-15(25-2)10-20-11-21-17)9-14-16(12)18(24)23-19(14)6-4-3-5-7-19/h10-12H,2-9,22H2,1H3,(H,27,28)(H3,23,24,25,26);9-11H,2-8,21H2,1H3,(H,26,27)(H3,22,23,24,25);8-11H,3-7H2,1-2H3,(H,23,24)(H,20,21,22). The molecule has 22 nitrogen and oxygen atoms in total. The highest BCUT2D eigenvalue weighted by Gasteiger charge is 2.47. The summed E-state index contributed by atoms with van der Waals surface area (Å²) in [5.74, 6) is 3.63. The first-order valence-corrected chi connectivity index (χ1v) is 28.7. The van der Waals surface area contributed by atoms with Crippen molar-refractivity contribution in [1.29, 1.82) is 0 Å². The molecule has 3 spiro atoms. The van der Waals surface area contributed by atoms with E-state index in [1.54, 1.807) is 13.3 Å². The summed E-state index contributed by atoms with van der Waals surface area (Å²) in [5.41, 5.74) is 33.5. The smallest absolute Gasteiger partial charge is 0.252 e. The molecule has 12 rings (SSSR count). The fourth-order valence-electron chi connectivity index (χ4n) is 12.9. The Kier molecular flexibility index (Phi) is 16.9. The molecular formula is C60H76N16O6. The van der Waals surface area contributed by atoms with E-state index < -0.39 is 0 Å².